The number of hydrogen-bond acceptors (Lipinski definition) is 4. The average molecular weight is 276 g/mol. The molecule has 0 aliphatic rings. The van der Waals surface area contributed by atoms with Gasteiger partial charge in [-0.05, 0) is 31.2 Å². The molecule has 6 heteroatoms. The molecule has 0 amide bonds. The quantitative estimate of drug-likeness (QED) is 0.898. The van der Waals surface area contributed by atoms with Gasteiger partial charge in [-0.2, -0.15) is 0 Å². The third-order valence-electron chi connectivity index (χ3n) is 2.75. The molecule has 5 nitrogen and oxygen atoms in total. The van der Waals surface area contributed by atoms with E-state index in [1.807, 2.05) is 0 Å². The molecular weight excluding hydrogens is 263 g/mol. The molecule has 0 saturated heterocycles. The molecule has 104 valence electrons. The van der Waals surface area contributed by atoms with Gasteiger partial charge >= 0.3 is 5.97 Å². The van der Waals surface area contributed by atoms with Crippen molar-refractivity contribution in [3.05, 3.63) is 47.4 Å². The lowest BCUT2D eigenvalue weighted by Crippen LogP contribution is -2.04. The van der Waals surface area contributed by atoms with Crippen LogP contribution in [0, 0.1) is 12.7 Å². The Morgan fingerprint density at radius 2 is 2.10 bits per heavy atom. The number of carbonyl (C=O) groups is 1. The first-order chi connectivity index (χ1) is 9.51. The number of hydrogen-bond donors (Lipinski definition) is 2. The summed E-state index contributed by atoms with van der Waals surface area (Å²) < 4.78 is 18.7. The van der Waals surface area contributed by atoms with Crippen molar-refractivity contribution in [2.45, 2.75) is 6.92 Å². The minimum atomic E-state index is -1.05. The van der Waals surface area contributed by atoms with Gasteiger partial charge in [-0.1, -0.05) is 0 Å². The minimum Gasteiger partial charge on any atom is -0.497 e. The number of halogens is 1. The van der Waals surface area contributed by atoms with E-state index >= 15 is 0 Å². The maximum atomic E-state index is 13.7. The zero-order valence-electron chi connectivity index (χ0n) is 11.0. The van der Waals surface area contributed by atoms with Gasteiger partial charge < -0.3 is 15.2 Å². The number of aromatic nitrogens is 1. The van der Waals surface area contributed by atoms with Gasteiger partial charge in [0.1, 0.15) is 17.4 Å². The van der Waals surface area contributed by atoms with Gasteiger partial charge in [-0.15, -0.1) is 0 Å². The summed E-state index contributed by atoms with van der Waals surface area (Å²) in [5.41, 5.74) is 0.673. The van der Waals surface area contributed by atoms with E-state index in [4.69, 9.17) is 9.84 Å². The largest absolute Gasteiger partial charge is 0.497 e. The van der Waals surface area contributed by atoms with Crippen LogP contribution in [0.4, 0.5) is 15.9 Å². The highest BCUT2D eigenvalue weighted by Gasteiger charge is 2.10. The monoisotopic (exact) mass is 276 g/mol. The van der Waals surface area contributed by atoms with E-state index in [-0.39, 0.29) is 11.3 Å². The lowest BCUT2D eigenvalue weighted by atomic mass is 10.2. The standard InChI is InChI=1S/C14H13FN2O3/c1-8-10(14(18)19)4-6-13(16-8)17-12-7-9(20-2)3-5-11(12)15/h3-7H,1-2H3,(H,16,17)(H,18,19). The molecule has 2 rings (SSSR count). The Hall–Kier alpha value is -2.63. The Bertz CT molecular complexity index is 659. The summed E-state index contributed by atoms with van der Waals surface area (Å²) in [4.78, 5) is 15.0. The Morgan fingerprint density at radius 3 is 2.70 bits per heavy atom. The lowest BCUT2D eigenvalue weighted by molar-refractivity contribution is 0.0695. The number of carboxylic acid groups (broad SMARTS) is 1. The number of anilines is 2. The van der Waals surface area contributed by atoms with E-state index in [0.717, 1.165) is 0 Å². The summed E-state index contributed by atoms with van der Waals surface area (Å²) in [6.45, 7) is 1.58. The van der Waals surface area contributed by atoms with Crippen LogP contribution in [0.5, 0.6) is 5.75 Å². The number of pyridine rings is 1. The van der Waals surface area contributed by atoms with Crippen LogP contribution < -0.4 is 10.1 Å². The van der Waals surface area contributed by atoms with Crippen LogP contribution in [-0.4, -0.2) is 23.2 Å². The van der Waals surface area contributed by atoms with Crippen LogP contribution in [0.25, 0.3) is 0 Å². The predicted molar refractivity (Wildman–Crippen MR) is 72.2 cm³/mol. The second kappa shape index (κ2) is 5.56. The highest BCUT2D eigenvalue weighted by atomic mass is 19.1. The maximum Gasteiger partial charge on any atom is 0.337 e. The van der Waals surface area contributed by atoms with E-state index in [1.165, 1.54) is 37.4 Å². The van der Waals surface area contributed by atoms with Gasteiger partial charge in [0.25, 0.3) is 0 Å². The van der Waals surface area contributed by atoms with Gasteiger partial charge in [0, 0.05) is 6.07 Å². The van der Waals surface area contributed by atoms with Crippen molar-refractivity contribution in [3.8, 4) is 5.75 Å². The van der Waals surface area contributed by atoms with Crippen molar-refractivity contribution >= 4 is 17.5 Å². The zero-order valence-corrected chi connectivity index (χ0v) is 11.0. The van der Waals surface area contributed by atoms with Crippen molar-refractivity contribution < 1.29 is 19.0 Å². The summed E-state index contributed by atoms with van der Waals surface area (Å²) in [7, 11) is 1.49. The lowest BCUT2D eigenvalue weighted by Gasteiger charge is -2.10. The van der Waals surface area contributed by atoms with Crippen LogP contribution in [-0.2, 0) is 0 Å². The molecule has 0 unspecified atom stereocenters. The van der Waals surface area contributed by atoms with Crippen molar-refractivity contribution in [2.75, 3.05) is 12.4 Å². The van der Waals surface area contributed by atoms with Crippen molar-refractivity contribution in [1.29, 1.82) is 0 Å². The molecule has 0 spiro atoms. The van der Waals surface area contributed by atoms with Crippen LogP contribution in [0.3, 0.4) is 0 Å². The fourth-order valence-corrected chi connectivity index (χ4v) is 1.72. The van der Waals surface area contributed by atoms with Crippen molar-refractivity contribution in [2.24, 2.45) is 0 Å². The third-order valence-corrected chi connectivity index (χ3v) is 2.75. The fraction of sp³-hybridized carbons (Fsp3) is 0.143. The van der Waals surface area contributed by atoms with Crippen LogP contribution in [0.15, 0.2) is 30.3 Å². The molecule has 0 aliphatic heterocycles. The van der Waals surface area contributed by atoms with Crippen molar-refractivity contribution in [1.82, 2.24) is 4.98 Å². The van der Waals surface area contributed by atoms with E-state index < -0.39 is 11.8 Å². The van der Waals surface area contributed by atoms with Gasteiger partial charge in [-0.25, -0.2) is 14.2 Å². The Balaban J connectivity index is 2.30. The van der Waals surface area contributed by atoms with Gasteiger partial charge in [-0.3, -0.25) is 0 Å². The van der Waals surface area contributed by atoms with E-state index in [1.54, 1.807) is 6.92 Å². The molecule has 1 heterocycles. The molecule has 1 aromatic heterocycles. The summed E-state index contributed by atoms with van der Waals surface area (Å²) in [6.07, 6.45) is 0. The molecule has 2 aromatic rings. The van der Waals surface area contributed by atoms with E-state index in [2.05, 4.69) is 10.3 Å². The Kier molecular flexibility index (Phi) is 3.84. The highest BCUT2D eigenvalue weighted by Crippen LogP contribution is 2.24. The number of rotatable bonds is 4. The molecule has 20 heavy (non-hydrogen) atoms. The second-order valence-electron chi connectivity index (χ2n) is 4.11. The average Bonchev–Trinajstić information content (AvgIpc) is 2.41. The first kappa shape index (κ1) is 13.8. The minimum absolute atomic E-state index is 0.113. The predicted octanol–water partition coefficient (Wildman–Crippen LogP) is 2.98. The highest BCUT2D eigenvalue weighted by molar-refractivity contribution is 5.89. The smallest absolute Gasteiger partial charge is 0.337 e. The molecule has 0 radical (unpaired) electrons. The molecule has 0 fully saturated rings. The summed E-state index contributed by atoms with van der Waals surface area (Å²) in [5, 5.41) is 11.7. The van der Waals surface area contributed by atoms with Gasteiger partial charge in [0.2, 0.25) is 0 Å². The third kappa shape index (κ3) is 2.85. The molecule has 0 saturated carbocycles. The number of nitrogens with zero attached hydrogens (tertiary/aromatic N) is 1. The van der Waals surface area contributed by atoms with Crippen LogP contribution in [0.1, 0.15) is 16.1 Å². The Labute approximate surface area is 115 Å². The van der Waals surface area contributed by atoms with Crippen LogP contribution >= 0.6 is 0 Å². The molecule has 2 N–H and O–H groups in total. The first-order valence-electron chi connectivity index (χ1n) is 5.83. The number of carboxylic acids is 1. The molecular formula is C14H13FN2O3. The molecule has 0 aliphatic carbocycles. The number of benzene rings is 1. The molecule has 0 atom stereocenters. The normalized spacial score (nSPS) is 10.2. The number of nitrogens with one attached hydrogen (secondary N) is 1. The maximum absolute atomic E-state index is 13.7. The van der Waals surface area contributed by atoms with E-state index in [9.17, 15) is 9.18 Å². The second-order valence-corrected chi connectivity index (χ2v) is 4.11. The molecule has 1 aromatic carbocycles. The summed E-state index contributed by atoms with van der Waals surface area (Å²) >= 11 is 0. The van der Waals surface area contributed by atoms with Crippen molar-refractivity contribution in [3.63, 3.8) is 0 Å². The number of aryl methyl sites for hydroxylation is 1. The van der Waals surface area contributed by atoms with Gasteiger partial charge in [0.15, 0.2) is 0 Å². The summed E-state index contributed by atoms with van der Waals surface area (Å²) in [6, 6.07) is 7.18. The zero-order chi connectivity index (χ0) is 14.7. The number of methoxy groups -OCH3 is 1. The van der Waals surface area contributed by atoms with E-state index in [0.29, 0.717) is 17.3 Å². The number of aromatic carboxylic acids is 1. The molecule has 0 bridgehead atoms. The SMILES string of the molecule is COc1ccc(F)c(Nc2ccc(C(=O)O)c(C)n2)c1. The van der Waals surface area contributed by atoms with Crippen LogP contribution in [0.2, 0.25) is 0 Å². The number of ether oxygens (including phenoxy) is 1. The summed E-state index contributed by atoms with van der Waals surface area (Å²) in [5.74, 6) is -0.630. The topological polar surface area (TPSA) is 71.5 Å². The fourth-order valence-electron chi connectivity index (χ4n) is 1.72. The Morgan fingerprint density at radius 1 is 1.35 bits per heavy atom. The van der Waals surface area contributed by atoms with Gasteiger partial charge in [0.05, 0.1) is 24.1 Å². The first-order valence-corrected chi connectivity index (χ1v) is 5.83.